The molecular formula is C14H21N3O3S. The Bertz CT molecular complexity index is 623. The minimum Gasteiger partial charge on any atom is -0.325 e. The molecule has 1 aromatic heterocycles. The van der Waals surface area contributed by atoms with E-state index < -0.39 is 15.4 Å². The van der Waals surface area contributed by atoms with Gasteiger partial charge >= 0.3 is 0 Å². The van der Waals surface area contributed by atoms with Crippen LogP contribution >= 0.6 is 0 Å². The molecule has 21 heavy (non-hydrogen) atoms. The molecule has 1 saturated carbocycles. The molecule has 1 aromatic rings. The second-order valence-corrected chi connectivity index (χ2v) is 7.91. The molecule has 1 aliphatic rings. The van der Waals surface area contributed by atoms with E-state index >= 15 is 0 Å². The number of pyridine rings is 1. The van der Waals surface area contributed by atoms with Gasteiger partial charge in [-0.1, -0.05) is 12.8 Å². The molecule has 0 spiro atoms. The van der Waals surface area contributed by atoms with E-state index in [4.69, 9.17) is 5.73 Å². The van der Waals surface area contributed by atoms with Gasteiger partial charge in [0.15, 0.2) is 14.9 Å². The minimum atomic E-state index is -3.33. The molecule has 1 fully saturated rings. The summed E-state index contributed by atoms with van der Waals surface area (Å²) in [6.45, 7) is 1.90. The van der Waals surface area contributed by atoms with Crippen molar-refractivity contribution < 1.29 is 13.2 Å². The number of hydrogen-bond acceptors (Lipinski definition) is 5. The Morgan fingerprint density at radius 3 is 2.67 bits per heavy atom. The third kappa shape index (κ3) is 3.79. The van der Waals surface area contributed by atoms with Crippen molar-refractivity contribution in [2.24, 2.45) is 11.7 Å². The van der Waals surface area contributed by atoms with Crippen molar-refractivity contribution in [1.82, 2.24) is 4.98 Å². The zero-order chi connectivity index (χ0) is 15.7. The number of nitrogens with zero attached hydrogens (tertiary/aromatic N) is 1. The number of carbonyl (C=O) groups excluding carboxylic acids is 1. The lowest BCUT2D eigenvalue weighted by atomic mass is 9.74. The van der Waals surface area contributed by atoms with Crippen molar-refractivity contribution in [3.8, 4) is 0 Å². The third-order valence-corrected chi connectivity index (χ3v) is 4.96. The summed E-state index contributed by atoms with van der Waals surface area (Å²) in [5.74, 6) is -0.366. The molecule has 2 atom stereocenters. The number of aromatic nitrogens is 1. The first-order chi connectivity index (χ1) is 9.70. The highest BCUT2D eigenvalue weighted by atomic mass is 32.2. The number of carbonyl (C=O) groups is 1. The zero-order valence-electron chi connectivity index (χ0n) is 12.3. The van der Waals surface area contributed by atoms with Gasteiger partial charge in [0, 0.05) is 11.8 Å². The molecule has 0 bridgehead atoms. The molecule has 1 heterocycles. The number of amides is 1. The smallest absolute Gasteiger partial charge is 0.229 e. The molecule has 1 amide bonds. The summed E-state index contributed by atoms with van der Waals surface area (Å²) >= 11 is 0. The lowest BCUT2D eigenvalue weighted by Crippen LogP contribution is -2.51. The first-order valence-electron chi connectivity index (χ1n) is 6.96. The summed E-state index contributed by atoms with van der Waals surface area (Å²) in [4.78, 5) is 16.2. The fourth-order valence-corrected chi connectivity index (χ4v) is 3.25. The van der Waals surface area contributed by atoms with Crippen LogP contribution in [0.15, 0.2) is 23.4 Å². The Balaban J connectivity index is 2.09. The summed E-state index contributed by atoms with van der Waals surface area (Å²) in [5, 5.41) is 2.76. The minimum absolute atomic E-state index is 0.0122. The van der Waals surface area contributed by atoms with Gasteiger partial charge in [0.2, 0.25) is 5.91 Å². The van der Waals surface area contributed by atoms with E-state index in [2.05, 4.69) is 10.3 Å². The topological polar surface area (TPSA) is 102 Å². The van der Waals surface area contributed by atoms with Crippen LogP contribution in [0.1, 0.15) is 32.6 Å². The summed E-state index contributed by atoms with van der Waals surface area (Å²) < 4.78 is 22.7. The summed E-state index contributed by atoms with van der Waals surface area (Å²) in [5.41, 5.74) is 6.18. The van der Waals surface area contributed by atoms with E-state index in [9.17, 15) is 13.2 Å². The molecule has 116 valence electrons. The van der Waals surface area contributed by atoms with E-state index in [1.165, 1.54) is 18.3 Å². The standard InChI is InChI=1S/C14H21N3O3S/c1-14(15)8-4-3-5-11(14)13(18)17-10-6-7-12(16-9-10)21(2,19)20/h6-7,9,11H,3-5,8,15H2,1-2H3,(H,17,18). The fraction of sp³-hybridized carbons (Fsp3) is 0.571. The highest BCUT2D eigenvalue weighted by Gasteiger charge is 2.37. The molecular weight excluding hydrogens is 290 g/mol. The normalized spacial score (nSPS) is 26.3. The Labute approximate surface area is 125 Å². The molecule has 0 saturated heterocycles. The Hall–Kier alpha value is -1.47. The Morgan fingerprint density at radius 2 is 2.14 bits per heavy atom. The maximum Gasteiger partial charge on any atom is 0.229 e. The van der Waals surface area contributed by atoms with Crippen LogP contribution in [-0.2, 0) is 14.6 Å². The Kier molecular flexibility index (Phi) is 4.34. The number of nitrogens with two attached hydrogens (primary N) is 1. The second-order valence-electron chi connectivity index (χ2n) is 5.95. The summed E-state index contributed by atoms with van der Waals surface area (Å²) in [6, 6.07) is 2.92. The van der Waals surface area contributed by atoms with Gasteiger partial charge in [0.25, 0.3) is 0 Å². The van der Waals surface area contributed by atoms with Crippen LogP contribution in [0, 0.1) is 5.92 Å². The predicted molar refractivity (Wildman–Crippen MR) is 80.5 cm³/mol. The number of rotatable bonds is 3. The van der Waals surface area contributed by atoms with Crippen molar-refractivity contribution in [3.05, 3.63) is 18.3 Å². The van der Waals surface area contributed by atoms with Gasteiger partial charge in [-0.3, -0.25) is 4.79 Å². The van der Waals surface area contributed by atoms with E-state index in [0.29, 0.717) is 5.69 Å². The maximum absolute atomic E-state index is 12.3. The number of sulfone groups is 1. The van der Waals surface area contributed by atoms with Gasteiger partial charge in [-0.25, -0.2) is 13.4 Å². The SMILES string of the molecule is CC1(N)CCCCC1C(=O)Nc1ccc(S(C)(=O)=O)nc1. The molecule has 0 radical (unpaired) electrons. The first-order valence-corrected chi connectivity index (χ1v) is 8.85. The van der Waals surface area contributed by atoms with Crippen LogP contribution in [0.2, 0.25) is 0 Å². The van der Waals surface area contributed by atoms with Crippen LogP contribution in [0.25, 0.3) is 0 Å². The molecule has 7 heteroatoms. The van der Waals surface area contributed by atoms with Crippen LogP contribution in [-0.4, -0.2) is 31.1 Å². The Morgan fingerprint density at radius 1 is 1.43 bits per heavy atom. The fourth-order valence-electron chi connectivity index (χ4n) is 2.69. The van der Waals surface area contributed by atoms with Crippen molar-refractivity contribution in [2.45, 2.75) is 43.2 Å². The van der Waals surface area contributed by atoms with Crippen LogP contribution in [0.5, 0.6) is 0 Å². The molecule has 1 aliphatic carbocycles. The van der Waals surface area contributed by atoms with Gasteiger partial charge in [0.05, 0.1) is 17.8 Å². The highest BCUT2D eigenvalue weighted by molar-refractivity contribution is 7.90. The number of hydrogen-bond donors (Lipinski definition) is 2. The molecule has 0 aromatic carbocycles. The van der Waals surface area contributed by atoms with Crippen molar-refractivity contribution in [3.63, 3.8) is 0 Å². The molecule has 6 nitrogen and oxygen atoms in total. The van der Waals surface area contributed by atoms with Crippen LogP contribution in [0.4, 0.5) is 5.69 Å². The zero-order valence-corrected chi connectivity index (χ0v) is 13.1. The van der Waals surface area contributed by atoms with E-state index in [0.717, 1.165) is 31.9 Å². The largest absolute Gasteiger partial charge is 0.325 e. The van der Waals surface area contributed by atoms with E-state index in [1.54, 1.807) is 0 Å². The van der Waals surface area contributed by atoms with Crippen molar-refractivity contribution >= 4 is 21.4 Å². The molecule has 3 N–H and O–H groups in total. The van der Waals surface area contributed by atoms with Crippen LogP contribution in [0.3, 0.4) is 0 Å². The van der Waals surface area contributed by atoms with Gasteiger partial charge in [-0.05, 0) is 31.9 Å². The second kappa shape index (κ2) is 5.73. The average molecular weight is 311 g/mol. The maximum atomic E-state index is 12.3. The van der Waals surface area contributed by atoms with Crippen LogP contribution < -0.4 is 11.1 Å². The van der Waals surface area contributed by atoms with Gasteiger partial charge in [-0.15, -0.1) is 0 Å². The lowest BCUT2D eigenvalue weighted by Gasteiger charge is -2.37. The van der Waals surface area contributed by atoms with Gasteiger partial charge in [0.1, 0.15) is 0 Å². The van der Waals surface area contributed by atoms with E-state index in [1.807, 2.05) is 6.92 Å². The highest BCUT2D eigenvalue weighted by Crippen LogP contribution is 2.32. The van der Waals surface area contributed by atoms with Gasteiger partial charge in [-0.2, -0.15) is 0 Å². The van der Waals surface area contributed by atoms with Crippen molar-refractivity contribution in [1.29, 1.82) is 0 Å². The van der Waals surface area contributed by atoms with E-state index in [-0.39, 0.29) is 16.9 Å². The van der Waals surface area contributed by atoms with Crippen molar-refractivity contribution in [2.75, 3.05) is 11.6 Å². The molecule has 2 rings (SSSR count). The molecule has 2 unspecified atom stereocenters. The molecule has 0 aliphatic heterocycles. The third-order valence-electron chi connectivity index (χ3n) is 3.95. The monoisotopic (exact) mass is 311 g/mol. The quantitative estimate of drug-likeness (QED) is 0.876. The number of nitrogens with one attached hydrogen (secondary N) is 1. The lowest BCUT2D eigenvalue weighted by molar-refractivity contribution is -0.122. The first kappa shape index (κ1) is 15.9. The average Bonchev–Trinajstić information content (AvgIpc) is 2.37. The predicted octanol–water partition coefficient (Wildman–Crippen LogP) is 1.33. The summed E-state index contributed by atoms with van der Waals surface area (Å²) in [7, 11) is -3.33. The number of anilines is 1. The summed E-state index contributed by atoms with van der Waals surface area (Å²) in [6.07, 6.45) is 6.09. The van der Waals surface area contributed by atoms with Gasteiger partial charge < -0.3 is 11.1 Å².